The highest BCUT2D eigenvalue weighted by molar-refractivity contribution is 5.75. The van der Waals surface area contributed by atoms with Crippen molar-refractivity contribution in [3.63, 3.8) is 0 Å². The second-order valence-electron chi connectivity index (χ2n) is 5.59. The fourth-order valence-corrected chi connectivity index (χ4v) is 2.94. The third-order valence-corrected chi connectivity index (χ3v) is 4.05. The molecule has 1 aromatic heterocycles. The van der Waals surface area contributed by atoms with E-state index >= 15 is 0 Å². The fraction of sp³-hybridized carbons (Fsp3) is 0.562. The number of nitrogens with one attached hydrogen (secondary N) is 1. The van der Waals surface area contributed by atoms with E-state index in [1.54, 1.807) is 0 Å². The van der Waals surface area contributed by atoms with E-state index in [1.165, 1.54) is 18.4 Å². The molecule has 108 valence electrons. The van der Waals surface area contributed by atoms with E-state index in [1.807, 2.05) is 6.07 Å². The molecule has 1 unspecified atom stereocenters. The molecule has 20 heavy (non-hydrogen) atoms. The van der Waals surface area contributed by atoms with Gasteiger partial charge in [0.1, 0.15) is 5.82 Å². The highest BCUT2D eigenvalue weighted by atomic mass is 16.5. The summed E-state index contributed by atoms with van der Waals surface area (Å²) >= 11 is 0. The molecule has 1 aliphatic heterocycles. The van der Waals surface area contributed by atoms with Crippen LogP contribution in [0.2, 0.25) is 0 Å². The van der Waals surface area contributed by atoms with Crippen LogP contribution in [0.4, 0.5) is 0 Å². The number of aryl methyl sites for hydroxylation is 1. The van der Waals surface area contributed by atoms with E-state index in [2.05, 4.69) is 40.0 Å². The molecule has 0 saturated carbocycles. The maximum Gasteiger partial charge on any atom is 0.106 e. The predicted molar refractivity (Wildman–Crippen MR) is 80.9 cm³/mol. The van der Waals surface area contributed by atoms with Gasteiger partial charge >= 0.3 is 0 Å². The van der Waals surface area contributed by atoms with Crippen LogP contribution >= 0.6 is 0 Å². The Kier molecular flexibility index (Phi) is 4.33. The monoisotopic (exact) mass is 273 g/mol. The van der Waals surface area contributed by atoms with Gasteiger partial charge in [-0.25, -0.2) is 4.98 Å². The average molecular weight is 273 g/mol. The Morgan fingerprint density at radius 1 is 1.40 bits per heavy atom. The van der Waals surface area contributed by atoms with Gasteiger partial charge in [-0.1, -0.05) is 12.1 Å². The molecule has 2 heterocycles. The maximum atomic E-state index is 5.51. The van der Waals surface area contributed by atoms with Crippen molar-refractivity contribution >= 4 is 11.0 Å². The molecule has 3 rings (SSSR count). The van der Waals surface area contributed by atoms with E-state index in [9.17, 15) is 0 Å². The van der Waals surface area contributed by atoms with Gasteiger partial charge < -0.3 is 14.6 Å². The topological polar surface area (TPSA) is 39.1 Å². The van der Waals surface area contributed by atoms with E-state index < -0.39 is 0 Å². The molecular weight excluding hydrogens is 250 g/mol. The van der Waals surface area contributed by atoms with Crippen LogP contribution in [0.25, 0.3) is 11.0 Å². The summed E-state index contributed by atoms with van der Waals surface area (Å²) in [6, 6.07) is 8.34. The second-order valence-corrected chi connectivity index (χ2v) is 5.59. The first-order valence-corrected chi connectivity index (χ1v) is 7.55. The summed E-state index contributed by atoms with van der Waals surface area (Å²) in [7, 11) is 0. The summed E-state index contributed by atoms with van der Waals surface area (Å²) in [6.07, 6.45) is 2.50. The zero-order valence-corrected chi connectivity index (χ0v) is 12.1. The highest BCUT2D eigenvalue weighted by Crippen LogP contribution is 2.15. The summed E-state index contributed by atoms with van der Waals surface area (Å²) in [5.41, 5.74) is 2.32. The van der Waals surface area contributed by atoms with Gasteiger partial charge in [0.05, 0.1) is 17.6 Å². The highest BCUT2D eigenvalue weighted by Gasteiger charge is 2.13. The molecule has 0 aliphatic carbocycles. The molecule has 4 heteroatoms. The average Bonchev–Trinajstić information content (AvgIpc) is 2.80. The van der Waals surface area contributed by atoms with Crippen molar-refractivity contribution in [2.24, 2.45) is 5.92 Å². The summed E-state index contributed by atoms with van der Waals surface area (Å²) in [5, 5.41) is 3.56. The molecular formula is C16H23N3O. The lowest BCUT2D eigenvalue weighted by molar-refractivity contribution is 0.0548. The van der Waals surface area contributed by atoms with Crippen molar-refractivity contribution < 1.29 is 4.74 Å². The molecule has 1 atom stereocenters. The van der Waals surface area contributed by atoms with Gasteiger partial charge in [0.25, 0.3) is 0 Å². The van der Waals surface area contributed by atoms with Crippen LogP contribution in [-0.4, -0.2) is 35.9 Å². The maximum absolute atomic E-state index is 5.51. The quantitative estimate of drug-likeness (QED) is 0.850. The summed E-state index contributed by atoms with van der Waals surface area (Å²) in [5.74, 6) is 1.78. The Morgan fingerprint density at radius 2 is 2.30 bits per heavy atom. The van der Waals surface area contributed by atoms with Crippen molar-refractivity contribution in [3.8, 4) is 0 Å². The molecule has 0 bridgehead atoms. The number of hydrogen-bond acceptors (Lipinski definition) is 3. The van der Waals surface area contributed by atoms with Gasteiger partial charge in [0.2, 0.25) is 0 Å². The number of rotatable bonds is 5. The first-order valence-electron chi connectivity index (χ1n) is 7.55. The van der Waals surface area contributed by atoms with Crippen molar-refractivity contribution in [1.29, 1.82) is 0 Å². The Bertz CT molecular complexity index is 558. The first-order chi connectivity index (χ1) is 9.84. The summed E-state index contributed by atoms with van der Waals surface area (Å²) < 4.78 is 7.80. The van der Waals surface area contributed by atoms with Gasteiger partial charge in [-0.3, -0.25) is 0 Å². The Labute approximate surface area is 120 Å². The smallest absolute Gasteiger partial charge is 0.106 e. The van der Waals surface area contributed by atoms with Crippen LogP contribution in [0.3, 0.4) is 0 Å². The molecule has 4 nitrogen and oxygen atoms in total. The normalized spacial score (nSPS) is 19.6. The molecule has 2 aromatic rings. The van der Waals surface area contributed by atoms with Gasteiger partial charge in [-0.05, 0) is 37.8 Å². The minimum absolute atomic E-state index is 0.685. The first kappa shape index (κ1) is 13.6. The van der Waals surface area contributed by atoms with Crippen LogP contribution in [0.5, 0.6) is 0 Å². The summed E-state index contributed by atoms with van der Waals surface area (Å²) in [6.45, 7) is 6.95. The number of aromatic nitrogens is 2. The molecule has 0 amide bonds. The second kappa shape index (κ2) is 6.37. The number of benzene rings is 1. The lowest BCUT2D eigenvalue weighted by atomic mass is 10.0. The zero-order chi connectivity index (χ0) is 13.8. The third kappa shape index (κ3) is 3.02. The van der Waals surface area contributed by atoms with Gasteiger partial charge in [0, 0.05) is 26.2 Å². The number of imidazole rings is 1. The van der Waals surface area contributed by atoms with Gasteiger partial charge in [-0.2, -0.15) is 0 Å². The molecule has 0 radical (unpaired) electrons. The van der Waals surface area contributed by atoms with Crippen LogP contribution in [0.15, 0.2) is 24.3 Å². The van der Waals surface area contributed by atoms with E-state index in [-0.39, 0.29) is 0 Å². The van der Waals surface area contributed by atoms with Crippen LogP contribution in [0.1, 0.15) is 18.7 Å². The Hall–Kier alpha value is -1.39. The van der Waals surface area contributed by atoms with Gasteiger partial charge in [0.15, 0.2) is 0 Å². The molecule has 1 aliphatic rings. The van der Waals surface area contributed by atoms with Crippen molar-refractivity contribution in [2.75, 3.05) is 26.3 Å². The van der Waals surface area contributed by atoms with Crippen LogP contribution in [0, 0.1) is 12.8 Å². The minimum atomic E-state index is 0.685. The minimum Gasteiger partial charge on any atom is -0.381 e. The standard InChI is InChI=1S/C16H23N3O/c1-13-18-15-6-2-3-7-16(15)19(13)9-8-17-11-14-5-4-10-20-12-14/h2-3,6-7,14,17H,4-5,8-12H2,1H3. The number of hydrogen-bond donors (Lipinski definition) is 1. The number of ether oxygens (including phenoxy) is 1. The molecule has 1 N–H and O–H groups in total. The SMILES string of the molecule is Cc1nc2ccccc2n1CCNCC1CCCOC1. The lowest BCUT2D eigenvalue weighted by Crippen LogP contribution is -2.31. The Balaban J connectivity index is 1.53. The van der Waals surface area contributed by atoms with Crippen LogP contribution < -0.4 is 5.32 Å². The Morgan fingerprint density at radius 3 is 3.15 bits per heavy atom. The fourth-order valence-electron chi connectivity index (χ4n) is 2.94. The van der Waals surface area contributed by atoms with Crippen molar-refractivity contribution in [2.45, 2.75) is 26.3 Å². The third-order valence-electron chi connectivity index (χ3n) is 4.05. The van der Waals surface area contributed by atoms with Crippen molar-refractivity contribution in [1.82, 2.24) is 14.9 Å². The van der Waals surface area contributed by atoms with Gasteiger partial charge in [-0.15, -0.1) is 0 Å². The lowest BCUT2D eigenvalue weighted by Gasteiger charge is -2.22. The van der Waals surface area contributed by atoms with E-state index in [4.69, 9.17) is 4.74 Å². The molecule has 0 spiro atoms. The number of nitrogens with zero attached hydrogens (tertiary/aromatic N) is 2. The molecule has 1 fully saturated rings. The van der Waals surface area contributed by atoms with E-state index in [0.29, 0.717) is 5.92 Å². The zero-order valence-electron chi connectivity index (χ0n) is 12.1. The number of fused-ring (bicyclic) bond motifs is 1. The van der Waals surface area contributed by atoms with E-state index in [0.717, 1.165) is 44.2 Å². The van der Waals surface area contributed by atoms with Crippen LogP contribution in [-0.2, 0) is 11.3 Å². The van der Waals surface area contributed by atoms with Crippen molar-refractivity contribution in [3.05, 3.63) is 30.1 Å². The summed E-state index contributed by atoms with van der Waals surface area (Å²) in [4.78, 5) is 4.60. The number of para-hydroxylation sites is 2. The largest absolute Gasteiger partial charge is 0.381 e. The predicted octanol–water partition coefficient (Wildman–Crippen LogP) is 2.36. The molecule has 1 aromatic carbocycles. The molecule has 1 saturated heterocycles.